The number of benzene rings is 2. The Morgan fingerprint density at radius 1 is 1.08 bits per heavy atom. The van der Waals surface area contributed by atoms with Crippen LogP contribution in [-0.2, 0) is 6.54 Å². The third kappa shape index (κ3) is 3.95. The quantitative estimate of drug-likeness (QED) is 0.724. The van der Waals surface area contributed by atoms with Gasteiger partial charge in [0.2, 0.25) is 5.95 Å². The predicted molar refractivity (Wildman–Crippen MR) is 89.8 cm³/mol. The van der Waals surface area contributed by atoms with Crippen molar-refractivity contribution in [2.45, 2.75) is 6.54 Å². The molecule has 2 aromatic carbocycles. The second-order valence-electron chi connectivity index (χ2n) is 4.96. The van der Waals surface area contributed by atoms with Gasteiger partial charge in [0.05, 0.1) is 13.3 Å². The van der Waals surface area contributed by atoms with Gasteiger partial charge in [0.1, 0.15) is 11.6 Å². The Hall–Kier alpha value is -3.22. The molecule has 0 radical (unpaired) electrons. The van der Waals surface area contributed by atoms with Crippen LogP contribution < -0.4 is 15.4 Å². The number of nitrogens with one attached hydrogen (secondary N) is 2. The highest BCUT2D eigenvalue weighted by molar-refractivity contribution is 5.55. The van der Waals surface area contributed by atoms with E-state index in [9.17, 15) is 4.39 Å². The molecule has 0 aliphatic rings. The monoisotopic (exact) mass is 325 g/mol. The number of ether oxygens (including phenoxy) is 1. The van der Waals surface area contributed by atoms with E-state index in [2.05, 4.69) is 25.8 Å². The van der Waals surface area contributed by atoms with Crippen LogP contribution in [-0.4, -0.2) is 22.3 Å². The molecule has 0 spiro atoms. The molecular weight excluding hydrogens is 309 g/mol. The van der Waals surface area contributed by atoms with Gasteiger partial charge in [0.15, 0.2) is 5.82 Å². The van der Waals surface area contributed by atoms with E-state index in [0.29, 0.717) is 23.9 Å². The molecule has 0 atom stereocenters. The first-order chi connectivity index (χ1) is 11.7. The predicted octanol–water partition coefficient (Wildman–Crippen LogP) is 3.38. The van der Waals surface area contributed by atoms with Gasteiger partial charge in [-0.1, -0.05) is 18.2 Å². The fraction of sp³-hybridized carbons (Fsp3) is 0.118. The summed E-state index contributed by atoms with van der Waals surface area (Å²) >= 11 is 0. The standard InChI is InChI=1S/C17H16FN5O/c1-24-14-8-6-13(7-9-14)21-17-22-16(11-20-23-17)19-10-12-4-2-3-5-15(12)18/h2-9,11H,10H2,1H3,(H2,19,21,22,23). The molecule has 2 N–H and O–H groups in total. The summed E-state index contributed by atoms with van der Waals surface area (Å²) < 4.78 is 18.7. The van der Waals surface area contributed by atoms with Gasteiger partial charge in [-0.15, -0.1) is 5.10 Å². The average molecular weight is 325 g/mol. The van der Waals surface area contributed by atoms with Crippen LogP contribution in [0.5, 0.6) is 5.75 Å². The molecule has 0 fully saturated rings. The minimum atomic E-state index is -0.261. The molecule has 0 saturated heterocycles. The Bertz CT molecular complexity index is 810. The van der Waals surface area contributed by atoms with Crippen molar-refractivity contribution in [3.8, 4) is 5.75 Å². The van der Waals surface area contributed by atoms with Crippen LogP contribution in [0, 0.1) is 5.82 Å². The third-order valence-corrected chi connectivity index (χ3v) is 3.32. The number of methoxy groups -OCH3 is 1. The second-order valence-corrected chi connectivity index (χ2v) is 4.96. The van der Waals surface area contributed by atoms with Crippen molar-refractivity contribution >= 4 is 17.5 Å². The summed E-state index contributed by atoms with van der Waals surface area (Å²) in [5, 5.41) is 13.9. The lowest BCUT2D eigenvalue weighted by Gasteiger charge is -2.08. The van der Waals surface area contributed by atoms with E-state index in [4.69, 9.17) is 4.74 Å². The van der Waals surface area contributed by atoms with E-state index >= 15 is 0 Å². The van der Waals surface area contributed by atoms with Crippen molar-refractivity contribution in [3.63, 3.8) is 0 Å². The second kappa shape index (κ2) is 7.36. The van der Waals surface area contributed by atoms with Gasteiger partial charge in [-0.3, -0.25) is 0 Å². The van der Waals surface area contributed by atoms with E-state index < -0.39 is 0 Å². The SMILES string of the molecule is COc1ccc(Nc2nncc(NCc3ccccc3F)n2)cc1. The number of rotatable bonds is 6. The van der Waals surface area contributed by atoms with Crippen LogP contribution in [0.1, 0.15) is 5.56 Å². The number of nitrogens with zero attached hydrogens (tertiary/aromatic N) is 3. The van der Waals surface area contributed by atoms with Gasteiger partial charge in [-0.25, -0.2) is 4.39 Å². The van der Waals surface area contributed by atoms with E-state index in [1.165, 1.54) is 12.3 Å². The van der Waals surface area contributed by atoms with Crippen molar-refractivity contribution in [2.24, 2.45) is 0 Å². The first kappa shape index (κ1) is 15.7. The molecule has 0 aliphatic heterocycles. The molecule has 0 bridgehead atoms. The lowest BCUT2D eigenvalue weighted by Crippen LogP contribution is -2.06. The zero-order valence-corrected chi connectivity index (χ0v) is 13.0. The van der Waals surface area contributed by atoms with E-state index in [0.717, 1.165) is 11.4 Å². The summed E-state index contributed by atoms with van der Waals surface area (Å²) in [7, 11) is 1.61. The smallest absolute Gasteiger partial charge is 0.249 e. The molecule has 0 unspecified atom stereocenters. The Morgan fingerprint density at radius 3 is 2.62 bits per heavy atom. The number of aromatic nitrogens is 3. The molecule has 0 saturated carbocycles. The molecule has 7 heteroatoms. The first-order valence-corrected chi connectivity index (χ1v) is 7.32. The van der Waals surface area contributed by atoms with Crippen LogP contribution >= 0.6 is 0 Å². The first-order valence-electron chi connectivity index (χ1n) is 7.32. The highest BCUT2D eigenvalue weighted by atomic mass is 19.1. The summed E-state index contributed by atoms with van der Waals surface area (Å²) in [6.45, 7) is 0.313. The Morgan fingerprint density at radius 2 is 1.88 bits per heavy atom. The number of hydrogen-bond donors (Lipinski definition) is 2. The zero-order valence-electron chi connectivity index (χ0n) is 13.0. The fourth-order valence-corrected chi connectivity index (χ4v) is 2.07. The molecule has 6 nitrogen and oxygen atoms in total. The van der Waals surface area contributed by atoms with Crippen molar-refractivity contribution < 1.29 is 9.13 Å². The fourth-order valence-electron chi connectivity index (χ4n) is 2.07. The van der Waals surface area contributed by atoms with Crippen molar-refractivity contribution in [2.75, 3.05) is 17.7 Å². The summed E-state index contributed by atoms with van der Waals surface area (Å²) in [4.78, 5) is 4.31. The van der Waals surface area contributed by atoms with E-state index in [1.54, 1.807) is 25.3 Å². The minimum Gasteiger partial charge on any atom is -0.497 e. The van der Waals surface area contributed by atoms with E-state index in [-0.39, 0.29) is 5.82 Å². The number of anilines is 3. The number of hydrogen-bond acceptors (Lipinski definition) is 6. The molecule has 1 heterocycles. The Balaban J connectivity index is 1.66. The highest BCUT2D eigenvalue weighted by Gasteiger charge is 2.04. The summed E-state index contributed by atoms with van der Waals surface area (Å²) in [6, 6.07) is 13.9. The van der Waals surface area contributed by atoms with Crippen LogP contribution in [0.25, 0.3) is 0 Å². The highest BCUT2D eigenvalue weighted by Crippen LogP contribution is 2.18. The van der Waals surface area contributed by atoms with Gasteiger partial charge in [0, 0.05) is 17.8 Å². The van der Waals surface area contributed by atoms with Gasteiger partial charge >= 0.3 is 0 Å². The van der Waals surface area contributed by atoms with Crippen molar-refractivity contribution in [1.82, 2.24) is 15.2 Å². The van der Waals surface area contributed by atoms with E-state index in [1.807, 2.05) is 24.3 Å². The van der Waals surface area contributed by atoms with Crippen LogP contribution in [0.3, 0.4) is 0 Å². The molecule has 24 heavy (non-hydrogen) atoms. The van der Waals surface area contributed by atoms with Gasteiger partial charge in [-0.05, 0) is 30.3 Å². The van der Waals surface area contributed by atoms with Gasteiger partial charge in [0.25, 0.3) is 0 Å². The molecule has 3 aromatic rings. The normalized spacial score (nSPS) is 10.2. The Labute approximate surface area is 138 Å². The maximum Gasteiger partial charge on any atom is 0.249 e. The topological polar surface area (TPSA) is 72.0 Å². The molecule has 0 amide bonds. The molecule has 122 valence electrons. The maximum atomic E-state index is 13.6. The van der Waals surface area contributed by atoms with Crippen LogP contribution in [0.2, 0.25) is 0 Å². The van der Waals surface area contributed by atoms with Crippen molar-refractivity contribution in [1.29, 1.82) is 0 Å². The third-order valence-electron chi connectivity index (χ3n) is 3.32. The molecule has 3 rings (SSSR count). The zero-order chi connectivity index (χ0) is 16.8. The number of halogens is 1. The lowest BCUT2D eigenvalue weighted by atomic mass is 10.2. The minimum absolute atomic E-state index is 0.261. The van der Waals surface area contributed by atoms with Gasteiger partial charge in [-0.2, -0.15) is 10.1 Å². The summed E-state index contributed by atoms with van der Waals surface area (Å²) in [6.07, 6.45) is 1.49. The molecular formula is C17H16FN5O. The largest absolute Gasteiger partial charge is 0.497 e. The average Bonchev–Trinajstić information content (AvgIpc) is 2.62. The summed E-state index contributed by atoms with van der Waals surface area (Å²) in [5.41, 5.74) is 1.37. The van der Waals surface area contributed by atoms with Gasteiger partial charge < -0.3 is 15.4 Å². The molecule has 1 aromatic heterocycles. The summed E-state index contributed by atoms with van der Waals surface area (Å²) in [5.74, 6) is 1.35. The maximum absolute atomic E-state index is 13.6. The van der Waals surface area contributed by atoms with Crippen molar-refractivity contribution in [3.05, 3.63) is 66.1 Å². The lowest BCUT2D eigenvalue weighted by molar-refractivity contribution is 0.415. The Kier molecular flexibility index (Phi) is 4.81. The van der Waals surface area contributed by atoms with Crippen LogP contribution in [0.4, 0.5) is 21.8 Å². The molecule has 0 aliphatic carbocycles. The van der Waals surface area contributed by atoms with Crippen LogP contribution in [0.15, 0.2) is 54.7 Å².